The van der Waals surface area contributed by atoms with Gasteiger partial charge in [-0.15, -0.1) is 0 Å². The first-order valence-electron chi connectivity index (χ1n) is 9.93. The van der Waals surface area contributed by atoms with Gasteiger partial charge in [0, 0.05) is 13.1 Å². The fourth-order valence-corrected chi connectivity index (χ4v) is 4.38. The number of nitrogens with zero attached hydrogens (tertiary/aromatic N) is 2. The molecular formula is C20H24N4O5. The molecule has 3 heterocycles. The number of carbonyl (C=O) groups is 4. The van der Waals surface area contributed by atoms with Crippen LogP contribution >= 0.6 is 0 Å². The number of esters is 1. The second-order valence-corrected chi connectivity index (χ2v) is 7.65. The molecule has 1 aromatic rings. The van der Waals surface area contributed by atoms with Crippen LogP contribution in [0, 0.1) is 0 Å². The first kappa shape index (κ1) is 19.2. The van der Waals surface area contributed by atoms with Crippen LogP contribution in [0.2, 0.25) is 0 Å². The molecule has 0 radical (unpaired) electrons. The molecule has 2 fully saturated rings. The number of likely N-dealkylation sites (tertiary alicyclic amines) is 1. The van der Waals surface area contributed by atoms with E-state index in [2.05, 4.69) is 5.32 Å². The Morgan fingerprint density at radius 3 is 2.76 bits per heavy atom. The molecule has 3 aliphatic heterocycles. The van der Waals surface area contributed by atoms with Crippen LogP contribution in [0.4, 0.5) is 11.4 Å². The van der Waals surface area contributed by atoms with Crippen LogP contribution in [0.15, 0.2) is 18.2 Å². The molecule has 9 heteroatoms. The summed E-state index contributed by atoms with van der Waals surface area (Å²) in [4.78, 5) is 52.1. The average molecular weight is 400 g/mol. The third kappa shape index (κ3) is 3.64. The largest absolute Gasteiger partial charge is 0.452 e. The molecule has 3 N–H and O–H groups in total. The Labute approximate surface area is 168 Å². The number of rotatable bonds is 4. The molecule has 4 rings (SSSR count). The summed E-state index contributed by atoms with van der Waals surface area (Å²) in [5, 5.41) is 2.85. The maximum atomic E-state index is 12.4. The summed E-state index contributed by atoms with van der Waals surface area (Å²) < 4.78 is 5.17. The van der Waals surface area contributed by atoms with Gasteiger partial charge in [0.05, 0.1) is 16.9 Å². The highest BCUT2D eigenvalue weighted by Gasteiger charge is 2.36. The standard InChI is InChI=1S/C20H24N4O5/c21-18(26)15-4-1-2-8-24(15)17(25)11-29-20(28)12-6-7-14-13(10-12)22-19(27)16-5-3-9-23(14)16/h6-7,10,15-16H,1-5,8-9,11H2,(H2,21,26)(H,22,27)/t15-,16-/m1/s1. The highest BCUT2D eigenvalue weighted by atomic mass is 16.5. The molecule has 3 aliphatic rings. The van der Waals surface area contributed by atoms with Crippen molar-refractivity contribution in [2.24, 2.45) is 5.73 Å². The number of amides is 3. The topological polar surface area (TPSA) is 122 Å². The van der Waals surface area contributed by atoms with Crippen LogP contribution in [-0.4, -0.2) is 60.4 Å². The van der Waals surface area contributed by atoms with Gasteiger partial charge in [-0.2, -0.15) is 0 Å². The van der Waals surface area contributed by atoms with Crippen LogP contribution in [-0.2, 0) is 19.1 Å². The van der Waals surface area contributed by atoms with Crippen molar-refractivity contribution < 1.29 is 23.9 Å². The molecule has 154 valence electrons. The van der Waals surface area contributed by atoms with Crippen molar-refractivity contribution in [1.29, 1.82) is 0 Å². The van der Waals surface area contributed by atoms with Gasteiger partial charge in [0.2, 0.25) is 11.8 Å². The molecule has 29 heavy (non-hydrogen) atoms. The minimum absolute atomic E-state index is 0.0710. The van der Waals surface area contributed by atoms with Crippen molar-refractivity contribution in [1.82, 2.24) is 4.90 Å². The molecule has 0 unspecified atom stereocenters. The Kier molecular flexibility index (Phi) is 5.12. The first-order valence-corrected chi connectivity index (χ1v) is 9.93. The number of primary amides is 1. The molecule has 0 aliphatic carbocycles. The fraction of sp³-hybridized carbons (Fsp3) is 0.500. The molecular weight excluding hydrogens is 376 g/mol. The van der Waals surface area contributed by atoms with Gasteiger partial charge in [-0.25, -0.2) is 4.79 Å². The molecule has 0 aromatic heterocycles. The van der Waals surface area contributed by atoms with E-state index in [-0.39, 0.29) is 17.5 Å². The van der Waals surface area contributed by atoms with Crippen molar-refractivity contribution in [3.8, 4) is 0 Å². The molecule has 0 saturated carbocycles. The van der Waals surface area contributed by atoms with Crippen molar-refractivity contribution in [3.05, 3.63) is 23.8 Å². The van der Waals surface area contributed by atoms with E-state index in [0.29, 0.717) is 18.7 Å². The summed E-state index contributed by atoms with van der Waals surface area (Å²) in [5.41, 5.74) is 7.08. The quantitative estimate of drug-likeness (QED) is 0.715. The number of ether oxygens (including phenoxy) is 1. The normalized spacial score (nSPS) is 23.1. The van der Waals surface area contributed by atoms with Gasteiger partial charge < -0.3 is 25.6 Å². The van der Waals surface area contributed by atoms with Crippen molar-refractivity contribution in [3.63, 3.8) is 0 Å². The summed E-state index contributed by atoms with van der Waals surface area (Å²) in [6, 6.07) is 4.19. The van der Waals surface area contributed by atoms with Gasteiger partial charge in [-0.05, 0) is 50.3 Å². The van der Waals surface area contributed by atoms with Crippen LogP contribution in [0.3, 0.4) is 0 Å². The third-order valence-electron chi connectivity index (χ3n) is 5.83. The van der Waals surface area contributed by atoms with Crippen molar-refractivity contribution >= 4 is 35.1 Å². The monoisotopic (exact) mass is 400 g/mol. The lowest BCUT2D eigenvalue weighted by atomic mass is 10.0. The molecule has 0 bridgehead atoms. The number of hydrogen-bond acceptors (Lipinski definition) is 6. The van der Waals surface area contributed by atoms with E-state index in [1.54, 1.807) is 18.2 Å². The predicted octanol–water partition coefficient (Wildman–Crippen LogP) is 0.631. The smallest absolute Gasteiger partial charge is 0.338 e. The van der Waals surface area contributed by atoms with Gasteiger partial charge in [-0.1, -0.05) is 0 Å². The summed E-state index contributed by atoms with van der Waals surface area (Å²) >= 11 is 0. The molecule has 0 spiro atoms. The van der Waals surface area contributed by atoms with Crippen molar-refractivity contribution in [2.75, 3.05) is 29.9 Å². The van der Waals surface area contributed by atoms with Crippen LogP contribution in [0.25, 0.3) is 0 Å². The number of fused-ring (bicyclic) bond motifs is 3. The third-order valence-corrected chi connectivity index (χ3v) is 5.83. The van der Waals surface area contributed by atoms with Gasteiger partial charge >= 0.3 is 5.97 Å². The fourth-order valence-electron chi connectivity index (χ4n) is 4.38. The highest BCUT2D eigenvalue weighted by Crippen LogP contribution is 2.37. The van der Waals surface area contributed by atoms with Gasteiger partial charge in [0.1, 0.15) is 12.1 Å². The second kappa shape index (κ2) is 7.73. The van der Waals surface area contributed by atoms with Gasteiger partial charge in [-0.3, -0.25) is 14.4 Å². The number of benzene rings is 1. The van der Waals surface area contributed by atoms with Gasteiger partial charge in [0.25, 0.3) is 5.91 Å². The van der Waals surface area contributed by atoms with E-state index in [1.165, 1.54) is 4.90 Å². The average Bonchev–Trinajstić information content (AvgIpc) is 3.22. The van der Waals surface area contributed by atoms with E-state index in [4.69, 9.17) is 10.5 Å². The van der Waals surface area contributed by atoms with E-state index in [0.717, 1.165) is 37.9 Å². The van der Waals surface area contributed by atoms with E-state index in [1.807, 2.05) is 4.90 Å². The lowest BCUT2D eigenvalue weighted by molar-refractivity contribution is -0.143. The molecule has 2 atom stereocenters. The molecule has 1 aromatic carbocycles. The van der Waals surface area contributed by atoms with Gasteiger partial charge in [0.15, 0.2) is 6.61 Å². The SMILES string of the molecule is NC(=O)[C@H]1CCCCN1C(=O)COC(=O)c1ccc2c(c1)NC(=O)[C@H]1CCCN21. The minimum Gasteiger partial charge on any atom is -0.452 e. The first-order chi connectivity index (χ1) is 14.0. The summed E-state index contributed by atoms with van der Waals surface area (Å²) in [5.74, 6) is -1.71. The zero-order chi connectivity index (χ0) is 20.5. The Morgan fingerprint density at radius 1 is 1.14 bits per heavy atom. The Balaban J connectivity index is 1.41. The van der Waals surface area contributed by atoms with Crippen LogP contribution in [0.5, 0.6) is 0 Å². The highest BCUT2D eigenvalue weighted by molar-refractivity contribution is 6.05. The predicted molar refractivity (Wildman–Crippen MR) is 104 cm³/mol. The number of anilines is 2. The lowest BCUT2D eigenvalue weighted by Crippen LogP contribution is -2.51. The van der Waals surface area contributed by atoms with Crippen molar-refractivity contribution in [2.45, 2.75) is 44.2 Å². The summed E-state index contributed by atoms with van der Waals surface area (Å²) in [6.07, 6.45) is 3.91. The summed E-state index contributed by atoms with van der Waals surface area (Å²) in [6.45, 7) is 0.770. The Bertz CT molecular complexity index is 870. The molecule has 3 amide bonds. The number of carbonyl (C=O) groups excluding carboxylic acids is 4. The maximum absolute atomic E-state index is 12.4. The molecule has 9 nitrogen and oxygen atoms in total. The Hall–Kier alpha value is -3.10. The zero-order valence-electron chi connectivity index (χ0n) is 16.1. The van der Waals surface area contributed by atoms with Crippen LogP contribution < -0.4 is 16.0 Å². The minimum atomic E-state index is -0.661. The number of nitrogens with one attached hydrogen (secondary N) is 1. The lowest BCUT2D eigenvalue weighted by Gasteiger charge is -2.33. The van der Waals surface area contributed by atoms with E-state index < -0.39 is 30.4 Å². The summed E-state index contributed by atoms with van der Waals surface area (Å²) in [7, 11) is 0. The number of nitrogens with two attached hydrogens (primary N) is 1. The maximum Gasteiger partial charge on any atom is 0.338 e. The van der Waals surface area contributed by atoms with E-state index >= 15 is 0 Å². The number of piperidine rings is 1. The Morgan fingerprint density at radius 2 is 1.97 bits per heavy atom. The van der Waals surface area contributed by atoms with E-state index in [9.17, 15) is 19.2 Å². The zero-order valence-corrected chi connectivity index (χ0v) is 16.1. The second-order valence-electron chi connectivity index (χ2n) is 7.65. The van der Waals surface area contributed by atoms with Crippen LogP contribution in [0.1, 0.15) is 42.5 Å². The molecule has 2 saturated heterocycles. The number of hydrogen-bond donors (Lipinski definition) is 2.